The van der Waals surface area contributed by atoms with Gasteiger partial charge in [0.15, 0.2) is 4.75 Å². The summed E-state index contributed by atoms with van der Waals surface area (Å²) in [4.78, 5) is 11.8. The molecule has 1 atom stereocenters. The number of carbonyl (C=O) groups is 1. The molecule has 6 heteroatoms. The second-order valence-electron chi connectivity index (χ2n) is 6.59. The molecule has 18 heavy (non-hydrogen) atoms. The van der Waals surface area contributed by atoms with Gasteiger partial charge in [-0.3, -0.25) is 4.79 Å². The van der Waals surface area contributed by atoms with Crippen LogP contribution in [0.15, 0.2) is 0 Å². The number of carbonyl (C=O) groups excluding carboxylic acids is 1. The molecule has 0 radical (unpaired) electrons. The van der Waals surface area contributed by atoms with E-state index in [0.717, 1.165) is 4.31 Å². The molecule has 106 valence electrons. The lowest BCUT2D eigenvalue weighted by Gasteiger charge is -2.44. The number of nitrogens with one attached hydrogen (secondary N) is 1. The molecule has 1 rings (SSSR count). The standard InChI is InChI=1S/C12H24N2O3S/c1-9(7-13-11(2,3)4)8-14-10(15)12(5,6)18(14,16)17/h9,13H,7-8H2,1-6H3. The fraction of sp³-hybridized carbons (Fsp3) is 0.917. The molecular formula is C12H24N2O3S. The van der Waals surface area contributed by atoms with Crippen molar-refractivity contribution in [3.8, 4) is 0 Å². The van der Waals surface area contributed by atoms with Crippen molar-refractivity contribution < 1.29 is 13.2 Å². The quantitative estimate of drug-likeness (QED) is 0.830. The maximum atomic E-state index is 11.9. The van der Waals surface area contributed by atoms with E-state index < -0.39 is 14.8 Å². The Bertz CT molecular complexity index is 435. The van der Waals surface area contributed by atoms with Gasteiger partial charge in [-0.2, -0.15) is 0 Å². The summed E-state index contributed by atoms with van der Waals surface area (Å²) in [6.07, 6.45) is 0. The first-order valence-electron chi connectivity index (χ1n) is 6.21. The van der Waals surface area contributed by atoms with Crippen LogP contribution >= 0.6 is 0 Å². The molecule has 1 amide bonds. The van der Waals surface area contributed by atoms with Gasteiger partial charge in [0.1, 0.15) is 0 Å². The Kier molecular flexibility index (Phi) is 3.85. The number of hydrogen-bond donors (Lipinski definition) is 1. The monoisotopic (exact) mass is 276 g/mol. The largest absolute Gasteiger partial charge is 0.312 e. The lowest BCUT2D eigenvalue weighted by atomic mass is 10.1. The van der Waals surface area contributed by atoms with Crippen molar-refractivity contribution in [2.24, 2.45) is 5.92 Å². The Balaban J connectivity index is 2.58. The van der Waals surface area contributed by atoms with E-state index in [1.807, 2.05) is 27.7 Å². The van der Waals surface area contributed by atoms with E-state index in [-0.39, 0.29) is 23.9 Å². The third-order valence-corrected chi connectivity index (χ3v) is 5.49. The second kappa shape index (κ2) is 4.49. The molecule has 0 bridgehead atoms. The van der Waals surface area contributed by atoms with Crippen molar-refractivity contribution in [1.82, 2.24) is 9.62 Å². The number of amides is 1. The molecule has 5 nitrogen and oxygen atoms in total. The average molecular weight is 276 g/mol. The molecule has 0 spiro atoms. The van der Waals surface area contributed by atoms with Gasteiger partial charge in [0.05, 0.1) is 0 Å². The van der Waals surface area contributed by atoms with Crippen molar-refractivity contribution in [3.63, 3.8) is 0 Å². The predicted molar refractivity (Wildman–Crippen MR) is 71.6 cm³/mol. The molecule has 1 aliphatic heterocycles. The van der Waals surface area contributed by atoms with Crippen LogP contribution in [0.5, 0.6) is 0 Å². The first-order valence-corrected chi connectivity index (χ1v) is 7.65. The molecule has 1 aliphatic rings. The van der Waals surface area contributed by atoms with Gasteiger partial charge in [0.25, 0.3) is 15.9 Å². The Morgan fingerprint density at radius 2 is 1.83 bits per heavy atom. The minimum Gasteiger partial charge on any atom is -0.312 e. The fourth-order valence-corrected chi connectivity index (χ4v) is 3.41. The number of hydrogen-bond acceptors (Lipinski definition) is 4. The zero-order chi connectivity index (χ0) is 14.4. The average Bonchev–Trinajstić information content (AvgIpc) is 2.20. The number of sulfonamides is 1. The third kappa shape index (κ3) is 2.69. The van der Waals surface area contributed by atoms with Crippen molar-refractivity contribution in [1.29, 1.82) is 0 Å². The van der Waals surface area contributed by atoms with Crippen LogP contribution in [-0.2, 0) is 14.8 Å². The van der Waals surface area contributed by atoms with Gasteiger partial charge < -0.3 is 5.32 Å². The zero-order valence-electron chi connectivity index (χ0n) is 12.1. The van der Waals surface area contributed by atoms with E-state index in [2.05, 4.69) is 5.32 Å². The Hall–Kier alpha value is -0.620. The summed E-state index contributed by atoms with van der Waals surface area (Å²) in [5.41, 5.74) is -0.00857. The minimum absolute atomic E-state index is 0.00857. The summed E-state index contributed by atoms with van der Waals surface area (Å²) < 4.78 is 23.6. The third-order valence-electron chi connectivity index (χ3n) is 3.13. The molecular weight excluding hydrogens is 252 g/mol. The van der Waals surface area contributed by atoms with Crippen LogP contribution in [0.1, 0.15) is 41.5 Å². The van der Waals surface area contributed by atoms with E-state index in [0.29, 0.717) is 6.54 Å². The Labute approximate surface area is 110 Å². The molecule has 1 N–H and O–H groups in total. The van der Waals surface area contributed by atoms with Crippen LogP contribution < -0.4 is 5.32 Å². The van der Waals surface area contributed by atoms with Gasteiger partial charge in [-0.05, 0) is 47.1 Å². The van der Waals surface area contributed by atoms with Crippen LogP contribution in [0.25, 0.3) is 0 Å². The van der Waals surface area contributed by atoms with Crippen molar-refractivity contribution in [2.45, 2.75) is 51.8 Å². The molecule has 0 aromatic carbocycles. The van der Waals surface area contributed by atoms with Gasteiger partial charge in [0.2, 0.25) is 0 Å². The normalized spacial score (nSPS) is 23.7. The van der Waals surface area contributed by atoms with Crippen molar-refractivity contribution >= 4 is 15.9 Å². The summed E-state index contributed by atoms with van der Waals surface area (Å²) >= 11 is 0. The second-order valence-corrected chi connectivity index (χ2v) is 9.00. The van der Waals surface area contributed by atoms with Crippen LogP contribution in [0.3, 0.4) is 0 Å². The lowest BCUT2D eigenvalue weighted by Crippen LogP contribution is -2.68. The first kappa shape index (κ1) is 15.4. The van der Waals surface area contributed by atoms with E-state index in [1.54, 1.807) is 0 Å². The lowest BCUT2D eigenvalue weighted by molar-refractivity contribution is -0.132. The molecule has 1 saturated heterocycles. The summed E-state index contributed by atoms with van der Waals surface area (Å²) in [5.74, 6) is -0.204. The van der Waals surface area contributed by atoms with E-state index in [9.17, 15) is 13.2 Å². The summed E-state index contributed by atoms with van der Waals surface area (Å²) in [6.45, 7) is 11.9. The van der Waals surface area contributed by atoms with E-state index in [4.69, 9.17) is 0 Å². The predicted octanol–water partition coefficient (Wildman–Crippen LogP) is 0.961. The fourth-order valence-electron chi connectivity index (χ4n) is 1.77. The van der Waals surface area contributed by atoms with Gasteiger partial charge in [-0.25, -0.2) is 12.7 Å². The highest BCUT2D eigenvalue weighted by molar-refractivity contribution is 7.94. The summed E-state index contributed by atoms with van der Waals surface area (Å²) in [6, 6.07) is 0. The molecule has 0 aromatic heterocycles. The van der Waals surface area contributed by atoms with Gasteiger partial charge in [-0.1, -0.05) is 6.92 Å². The van der Waals surface area contributed by atoms with Crippen LogP contribution in [0.2, 0.25) is 0 Å². The molecule has 1 unspecified atom stereocenters. The first-order chi connectivity index (χ1) is 7.89. The molecule has 0 aromatic rings. The molecule has 1 fully saturated rings. The van der Waals surface area contributed by atoms with E-state index in [1.165, 1.54) is 13.8 Å². The highest BCUT2D eigenvalue weighted by Gasteiger charge is 2.60. The van der Waals surface area contributed by atoms with E-state index >= 15 is 0 Å². The smallest absolute Gasteiger partial charge is 0.258 e. The van der Waals surface area contributed by atoms with Gasteiger partial charge in [-0.15, -0.1) is 0 Å². The number of nitrogens with zero attached hydrogens (tertiary/aromatic N) is 1. The topological polar surface area (TPSA) is 66.5 Å². The SMILES string of the molecule is CC(CNC(C)(C)C)CN1C(=O)C(C)(C)S1(=O)=O. The van der Waals surface area contributed by atoms with Gasteiger partial charge in [0, 0.05) is 12.1 Å². The Morgan fingerprint density at radius 3 is 2.22 bits per heavy atom. The zero-order valence-corrected chi connectivity index (χ0v) is 12.9. The minimum atomic E-state index is -3.44. The van der Waals surface area contributed by atoms with Crippen molar-refractivity contribution in [2.75, 3.05) is 13.1 Å². The van der Waals surface area contributed by atoms with Gasteiger partial charge >= 0.3 is 0 Å². The van der Waals surface area contributed by atoms with Crippen molar-refractivity contribution in [3.05, 3.63) is 0 Å². The van der Waals surface area contributed by atoms with Crippen LogP contribution in [0, 0.1) is 5.92 Å². The highest BCUT2D eigenvalue weighted by Crippen LogP contribution is 2.35. The van der Waals surface area contributed by atoms with Crippen LogP contribution in [-0.4, -0.2) is 42.0 Å². The summed E-state index contributed by atoms with van der Waals surface area (Å²) in [7, 11) is -3.44. The maximum Gasteiger partial charge on any atom is 0.258 e. The Morgan fingerprint density at radius 1 is 1.33 bits per heavy atom. The number of rotatable bonds is 4. The maximum absolute atomic E-state index is 11.9. The molecule has 0 aliphatic carbocycles. The molecule has 1 heterocycles. The molecule has 0 saturated carbocycles. The van der Waals surface area contributed by atoms with Crippen LogP contribution in [0.4, 0.5) is 0 Å². The summed E-state index contributed by atoms with van der Waals surface area (Å²) in [5, 5.41) is 3.31. The highest BCUT2D eigenvalue weighted by atomic mass is 32.2.